The Labute approximate surface area is 169 Å². The summed E-state index contributed by atoms with van der Waals surface area (Å²) >= 11 is 0. The van der Waals surface area contributed by atoms with Gasteiger partial charge in [0, 0.05) is 29.5 Å². The van der Waals surface area contributed by atoms with Crippen molar-refractivity contribution in [1.29, 1.82) is 0 Å². The van der Waals surface area contributed by atoms with E-state index >= 15 is 0 Å². The van der Waals surface area contributed by atoms with Crippen molar-refractivity contribution >= 4 is 21.8 Å². The van der Waals surface area contributed by atoms with E-state index in [1.807, 2.05) is 18.2 Å². The van der Waals surface area contributed by atoms with Crippen molar-refractivity contribution < 1.29 is 8.78 Å². The zero-order valence-corrected chi connectivity index (χ0v) is 15.6. The van der Waals surface area contributed by atoms with Crippen LogP contribution in [-0.4, -0.2) is 19.5 Å². The molecule has 7 heteroatoms. The van der Waals surface area contributed by atoms with E-state index in [9.17, 15) is 13.6 Å². The second kappa shape index (κ2) is 7.11. The lowest BCUT2D eigenvalue weighted by atomic mass is 10.0. The number of nitrogens with zero attached hydrogens (tertiary/aromatic N) is 4. The summed E-state index contributed by atoms with van der Waals surface area (Å²) in [5, 5.41) is 1.87. The lowest BCUT2D eigenvalue weighted by molar-refractivity contribution is 0.541. The Kier molecular flexibility index (Phi) is 4.28. The summed E-state index contributed by atoms with van der Waals surface area (Å²) in [6, 6.07) is 13.3. The minimum Gasteiger partial charge on any atom is -0.293 e. The number of fused-ring (bicyclic) bond motifs is 2. The molecule has 30 heavy (non-hydrogen) atoms. The molecule has 3 heterocycles. The van der Waals surface area contributed by atoms with Crippen LogP contribution in [0.2, 0.25) is 0 Å². The fourth-order valence-corrected chi connectivity index (χ4v) is 3.45. The van der Waals surface area contributed by atoms with Gasteiger partial charge in [-0.25, -0.2) is 18.7 Å². The van der Waals surface area contributed by atoms with Crippen LogP contribution in [0, 0.1) is 11.6 Å². The zero-order valence-electron chi connectivity index (χ0n) is 15.6. The molecule has 0 atom stereocenters. The Morgan fingerprint density at radius 3 is 2.53 bits per heavy atom. The first-order chi connectivity index (χ1) is 14.6. The Hall–Kier alpha value is -4.00. The molecule has 0 amide bonds. The first kappa shape index (κ1) is 18.1. The zero-order chi connectivity index (χ0) is 20.7. The van der Waals surface area contributed by atoms with Gasteiger partial charge in [0.05, 0.1) is 18.4 Å². The molecule has 0 radical (unpaired) electrons. The molecule has 0 N–H and O–H groups in total. The summed E-state index contributed by atoms with van der Waals surface area (Å²) in [6.45, 7) is -0.280. The SMILES string of the molecule is O=c1c2ncccc2ncn1Cc1c(F)cc(-c2ccc3ccncc3c2)cc1F. The molecule has 0 bridgehead atoms. The molecule has 146 valence electrons. The first-order valence-electron chi connectivity index (χ1n) is 9.22. The highest BCUT2D eigenvalue weighted by atomic mass is 19.1. The third kappa shape index (κ3) is 3.10. The van der Waals surface area contributed by atoms with Crippen LogP contribution in [0.5, 0.6) is 0 Å². The van der Waals surface area contributed by atoms with Crippen LogP contribution in [0.4, 0.5) is 8.78 Å². The molecular weight excluding hydrogens is 386 g/mol. The molecule has 3 aromatic heterocycles. The lowest BCUT2D eigenvalue weighted by Gasteiger charge is -2.11. The molecule has 0 saturated carbocycles. The summed E-state index contributed by atoms with van der Waals surface area (Å²) in [4.78, 5) is 24.8. The predicted octanol–water partition coefficient (Wildman–Crippen LogP) is 4.33. The summed E-state index contributed by atoms with van der Waals surface area (Å²) in [5.74, 6) is -1.46. The molecule has 0 aliphatic heterocycles. The average molecular weight is 400 g/mol. The van der Waals surface area contributed by atoms with Crippen molar-refractivity contribution in [2.24, 2.45) is 0 Å². The monoisotopic (exact) mass is 400 g/mol. The van der Waals surface area contributed by atoms with E-state index in [2.05, 4.69) is 15.0 Å². The number of halogens is 2. The maximum absolute atomic E-state index is 14.8. The third-order valence-corrected chi connectivity index (χ3v) is 5.03. The third-order valence-electron chi connectivity index (χ3n) is 5.03. The second-order valence-electron chi connectivity index (χ2n) is 6.90. The summed E-state index contributed by atoms with van der Waals surface area (Å²) in [6.07, 6.45) is 6.14. The highest BCUT2D eigenvalue weighted by Crippen LogP contribution is 2.27. The van der Waals surface area contributed by atoms with Gasteiger partial charge < -0.3 is 0 Å². The fraction of sp³-hybridized carbons (Fsp3) is 0.0435. The molecule has 5 nitrogen and oxygen atoms in total. The molecule has 0 spiro atoms. The van der Waals surface area contributed by atoms with Crippen molar-refractivity contribution in [2.75, 3.05) is 0 Å². The van der Waals surface area contributed by atoms with Gasteiger partial charge in [0.2, 0.25) is 0 Å². The van der Waals surface area contributed by atoms with E-state index in [1.165, 1.54) is 24.7 Å². The van der Waals surface area contributed by atoms with Gasteiger partial charge in [-0.3, -0.25) is 14.3 Å². The molecule has 5 aromatic rings. The van der Waals surface area contributed by atoms with E-state index in [4.69, 9.17) is 0 Å². The van der Waals surface area contributed by atoms with Crippen molar-refractivity contribution in [1.82, 2.24) is 19.5 Å². The quantitative estimate of drug-likeness (QED) is 0.452. The minimum atomic E-state index is -0.732. The van der Waals surface area contributed by atoms with Gasteiger partial charge >= 0.3 is 0 Å². The van der Waals surface area contributed by atoms with Gasteiger partial charge in [-0.15, -0.1) is 0 Å². The molecule has 0 aliphatic carbocycles. The molecule has 0 aliphatic rings. The average Bonchev–Trinajstić information content (AvgIpc) is 2.77. The van der Waals surface area contributed by atoms with E-state index in [1.54, 1.807) is 30.6 Å². The maximum Gasteiger partial charge on any atom is 0.280 e. The number of aromatic nitrogens is 4. The molecule has 0 saturated heterocycles. The second-order valence-corrected chi connectivity index (χ2v) is 6.90. The van der Waals surface area contributed by atoms with E-state index in [0.29, 0.717) is 16.6 Å². The smallest absolute Gasteiger partial charge is 0.280 e. The molecule has 0 unspecified atom stereocenters. The summed E-state index contributed by atoms with van der Waals surface area (Å²) in [7, 11) is 0. The number of hydrogen-bond donors (Lipinski definition) is 0. The minimum absolute atomic E-state index is 0.155. The van der Waals surface area contributed by atoms with Gasteiger partial charge in [0.15, 0.2) is 5.52 Å². The Bertz CT molecular complexity index is 1460. The van der Waals surface area contributed by atoms with Crippen LogP contribution in [0.25, 0.3) is 32.9 Å². The Balaban J connectivity index is 1.54. The van der Waals surface area contributed by atoms with Crippen LogP contribution < -0.4 is 5.56 Å². The van der Waals surface area contributed by atoms with Crippen molar-refractivity contribution in [3.05, 3.63) is 101 Å². The van der Waals surface area contributed by atoms with E-state index in [-0.39, 0.29) is 17.6 Å². The van der Waals surface area contributed by atoms with Gasteiger partial charge in [-0.1, -0.05) is 12.1 Å². The first-order valence-corrected chi connectivity index (χ1v) is 9.22. The van der Waals surface area contributed by atoms with Crippen LogP contribution in [0.3, 0.4) is 0 Å². The number of pyridine rings is 2. The Morgan fingerprint density at radius 1 is 0.867 bits per heavy atom. The van der Waals surface area contributed by atoms with Gasteiger partial charge in [-0.2, -0.15) is 0 Å². The predicted molar refractivity (Wildman–Crippen MR) is 110 cm³/mol. The van der Waals surface area contributed by atoms with Gasteiger partial charge in [0.25, 0.3) is 5.56 Å². The standard InChI is InChI=1S/C23H14F2N4O/c24-19-9-16(15-4-3-14-5-7-26-11-17(14)8-15)10-20(25)18(19)12-29-13-28-21-2-1-6-27-22(21)23(29)30/h1-11,13H,12H2. The summed E-state index contributed by atoms with van der Waals surface area (Å²) in [5.41, 5.74) is 1.01. The molecule has 2 aromatic carbocycles. The van der Waals surface area contributed by atoms with Crippen molar-refractivity contribution in [3.8, 4) is 11.1 Å². The van der Waals surface area contributed by atoms with Crippen LogP contribution in [-0.2, 0) is 6.54 Å². The highest BCUT2D eigenvalue weighted by Gasteiger charge is 2.15. The number of hydrogen-bond acceptors (Lipinski definition) is 4. The van der Waals surface area contributed by atoms with Crippen LogP contribution >= 0.6 is 0 Å². The molecule has 5 rings (SSSR count). The number of rotatable bonds is 3. The molecular formula is C23H14F2N4O. The topological polar surface area (TPSA) is 60.7 Å². The Morgan fingerprint density at radius 2 is 1.70 bits per heavy atom. The van der Waals surface area contributed by atoms with E-state index < -0.39 is 17.2 Å². The fourth-order valence-electron chi connectivity index (χ4n) is 3.45. The van der Waals surface area contributed by atoms with Gasteiger partial charge in [-0.05, 0) is 52.9 Å². The molecule has 0 fully saturated rings. The summed E-state index contributed by atoms with van der Waals surface area (Å²) < 4.78 is 30.8. The largest absolute Gasteiger partial charge is 0.293 e. The lowest BCUT2D eigenvalue weighted by Crippen LogP contribution is -2.23. The van der Waals surface area contributed by atoms with Crippen molar-refractivity contribution in [2.45, 2.75) is 6.54 Å². The van der Waals surface area contributed by atoms with Crippen molar-refractivity contribution in [3.63, 3.8) is 0 Å². The number of benzene rings is 2. The normalized spacial score (nSPS) is 11.3. The highest BCUT2D eigenvalue weighted by molar-refractivity contribution is 5.86. The van der Waals surface area contributed by atoms with Crippen LogP contribution in [0.1, 0.15) is 5.56 Å². The van der Waals surface area contributed by atoms with Gasteiger partial charge in [0.1, 0.15) is 11.6 Å². The van der Waals surface area contributed by atoms with E-state index in [0.717, 1.165) is 15.3 Å². The van der Waals surface area contributed by atoms with Crippen LogP contribution in [0.15, 0.2) is 78.2 Å². The maximum atomic E-state index is 14.8.